The highest BCUT2D eigenvalue weighted by molar-refractivity contribution is 7.88. The molecule has 3 heterocycles. The first-order valence-corrected chi connectivity index (χ1v) is 12.1. The van der Waals surface area contributed by atoms with E-state index in [9.17, 15) is 12.8 Å². The summed E-state index contributed by atoms with van der Waals surface area (Å²) in [4.78, 5) is 13.6. The molecule has 0 N–H and O–H groups in total. The highest BCUT2D eigenvalue weighted by Gasteiger charge is 2.28. The molecule has 30 heavy (non-hydrogen) atoms. The number of hydrogen-bond donors (Lipinski definition) is 0. The molecule has 2 aliphatic rings. The number of aromatic nitrogens is 2. The molecule has 0 spiro atoms. The third-order valence-electron chi connectivity index (χ3n) is 5.69. The van der Waals surface area contributed by atoms with Crippen LogP contribution in [-0.4, -0.2) is 62.0 Å². The van der Waals surface area contributed by atoms with E-state index < -0.39 is 15.8 Å². The number of piperidine rings is 1. The van der Waals surface area contributed by atoms with Crippen LogP contribution in [0.1, 0.15) is 30.7 Å². The van der Waals surface area contributed by atoms with Crippen molar-refractivity contribution in [2.24, 2.45) is 0 Å². The van der Waals surface area contributed by atoms with Gasteiger partial charge in [-0.2, -0.15) is 4.31 Å². The van der Waals surface area contributed by atoms with Crippen LogP contribution in [0, 0.1) is 12.7 Å². The van der Waals surface area contributed by atoms with E-state index in [0.717, 1.165) is 30.5 Å². The molecule has 0 unspecified atom stereocenters. The fraction of sp³-hybridized carbons (Fsp3) is 0.524. The minimum absolute atomic E-state index is 0.184. The van der Waals surface area contributed by atoms with Crippen molar-refractivity contribution >= 4 is 21.7 Å². The second kappa shape index (κ2) is 8.85. The normalized spacial score (nSPS) is 18.6. The number of hydrogen-bond acceptors (Lipinski definition) is 6. The van der Waals surface area contributed by atoms with Crippen molar-refractivity contribution in [1.29, 1.82) is 0 Å². The lowest BCUT2D eigenvalue weighted by atomic mass is 10.1. The van der Waals surface area contributed by atoms with Crippen molar-refractivity contribution in [3.05, 3.63) is 47.5 Å². The Bertz CT molecular complexity index is 987. The van der Waals surface area contributed by atoms with Crippen LogP contribution >= 0.6 is 0 Å². The van der Waals surface area contributed by atoms with Crippen molar-refractivity contribution in [2.75, 3.05) is 49.1 Å². The number of nitrogens with zero attached hydrogens (tertiary/aromatic N) is 5. The zero-order valence-corrected chi connectivity index (χ0v) is 18.1. The Morgan fingerprint density at radius 2 is 1.53 bits per heavy atom. The van der Waals surface area contributed by atoms with E-state index in [1.807, 2.05) is 13.0 Å². The Hall–Kier alpha value is -2.26. The highest BCUT2D eigenvalue weighted by Crippen LogP contribution is 2.24. The minimum Gasteiger partial charge on any atom is -0.356 e. The molecule has 0 atom stereocenters. The van der Waals surface area contributed by atoms with Crippen LogP contribution in [-0.2, 0) is 15.8 Å². The maximum absolute atomic E-state index is 13.4. The average Bonchev–Trinajstić information content (AvgIpc) is 2.74. The fourth-order valence-electron chi connectivity index (χ4n) is 4.11. The first-order chi connectivity index (χ1) is 14.4. The van der Waals surface area contributed by atoms with Crippen LogP contribution in [0.4, 0.5) is 16.0 Å². The second-order valence-electron chi connectivity index (χ2n) is 7.95. The SMILES string of the molecule is Cc1nc(N2CCCCC2)cc(N2CCN(S(=O)(=O)Cc3cccc(F)c3)CC2)n1. The lowest BCUT2D eigenvalue weighted by Gasteiger charge is -2.35. The number of halogens is 1. The summed E-state index contributed by atoms with van der Waals surface area (Å²) in [5.74, 6) is 1.94. The molecule has 2 saturated heterocycles. The van der Waals surface area contributed by atoms with Gasteiger partial charge in [-0.1, -0.05) is 12.1 Å². The maximum Gasteiger partial charge on any atom is 0.218 e. The zero-order chi connectivity index (χ0) is 21.1. The summed E-state index contributed by atoms with van der Waals surface area (Å²) in [5, 5.41) is 0. The van der Waals surface area contributed by atoms with Crippen molar-refractivity contribution in [2.45, 2.75) is 31.9 Å². The smallest absolute Gasteiger partial charge is 0.218 e. The third kappa shape index (κ3) is 4.89. The molecule has 0 saturated carbocycles. The zero-order valence-electron chi connectivity index (χ0n) is 17.3. The summed E-state index contributed by atoms with van der Waals surface area (Å²) in [6, 6.07) is 7.80. The highest BCUT2D eigenvalue weighted by atomic mass is 32.2. The molecule has 2 fully saturated rings. The van der Waals surface area contributed by atoms with Gasteiger partial charge in [-0.25, -0.2) is 22.8 Å². The van der Waals surface area contributed by atoms with Crippen LogP contribution in [0.3, 0.4) is 0 Å². The summed E-state index contributed by atoms with van der Waals surface area (Å²) >= 11 is 0. The van der Waals surface area contributed by atoms with Gasteiger partial charge in [-0.05, 0) is 43.9 Å². The van der Waals surface area contributed by atoms with E-state index in [2.05, 4.69) is 19.8 Å². The average molecular weight is 434 g/mol. The number of sulfonamides is 1. The molecule has 4 rings (SSSR count). The van der Waals surface area contributed by atoms with Crippen LogP contribution in [0.15, 0.2) is 30.3 Å². The van der Waals surface area contributed by atoms with E-state index in [1.54, 1.807) is 6.07 Å². The van der Waals surface area contributed by atoms with Gasteiger partial charge in [0.05, 0.1) is 5.75 Å². The Morgan fingerprint density at radius 1 is 0.900 bits per heavy atom. The fourth-order valence-corrected chi connectivity index (χ4v) is 5.61. The molecule has 162 valence electrons. The topological polar surface area (TPSA) is 69.6 Å². The maximum atomic E-state index is 13.4. The molecule has 0 aliphatic carbocycles. The number of aryl methyl sites for hydroxylation is 1. The summed E-state index contributed by atoms with van der Waals surface area (Å²) in [6.45, 7) is 5.84. The van der Waals surface area contributed by atoms with E-state index in [0.29, 0.717) is 31.7 Å². The quantitative estimate of drug-likeness (QED) is 0.722. The molecular weight excluding hydrogens is 405 g/mol. The van der Waals surface area contributed by atoms with Crippen LogP contribution in [0.25, 0.3) is 0 Å². The van der Waals surface area contributed by atoms with Crippen molar-refractivity contribution in [1.82, 2.24) is 14.3 Å². The van der Waals surface area contributed by atoms with Crippen molar-refractivity contribution in [3.8, 4) is 0 Å². The first-order valence-electron chi connectivity index (χ1n) is 10.5. The predicted octanol–water partition coefficient (Wildman–Crippen LogP) is 2.57. The number of rotatable bonds is 5. The molecule has 2 aromatic rings. The Kier molecular flexibility index (Phi) is 6.19. The largest absolute Gasteiger partial charge is 0.356 e. The Labute approximate surface area is 177 Å². The van der Waals surface area contributed by atoms with Gasteiger partial charge in [0.15, 0.2) is 0 Å². The van der Waals surface area contributed by atoms with Gasteiger partial charge in [-0.3, -0.25) is 0 Å². The lowest BCUT2D eigenvalue weighted by molar-refractivity contribution is 0.383. The molecular formula is C21H28FN5O2S. The van der Waals surface area contributed by atoms with Gasteiger partial charge in [0.25, 0.3) is 0 Å². The van der Waals surface area contributed by atoms with Crippen molar-refractivity contribution < 1.29 is 12.8 Å². The summed E-state index contributed by atoms with van der Waals surface area (Å²) in [6.07, 6.45) is 3.62. The molecule has 2 aliphatic heterocycles. The van der Waals surface area contributed by atoms with Gasteiger partial charge in [0.1, 0.15) is 23.3 Å². The monoisotopic (exact) mass is 433 g/mol. The molecule has 1 aromatic heterocycles. The van der Waals surface area contributed by atoms with Crippen LogP contribution in [0.2, 0.25) is 0 Å². The van der Waals surface area contributed by atoms with Gasteiger partial charge < -0.3 is 9.80 Å². The van der Waals surface area contributed by atoms with E-state index >= 15 is 0 Å². The van der Waals surface area contributed by atoms with E-state index in [4.69, 9.17) is 0 Å². The molecule has 0 radical (unpaired) electrons. The van der Waals surface area contributed by atoms with Gasteiger partial charge >= 0.3 is 0 Å². The lowest BCUT2D eigenvalue weighted by Crippen LogP contribution is -2.49. The van der Waals surface area contributed by atoms with Gasteiger partial charge in [0, 0.05) is 45.3 Å². The first kappa shape index (κ1) is 21.0. The summed E-state index contributed by atoms with van der Waals surface area (Å²) in [7, 11) is -3.49. The predicted molar refractivity (Wildman–Crippen MR) is 116 cm³/mol. The third-order valence-corrected chi connectivity index (χ3v) is 7.54. The minimum atomic E-state index is -3.49. The van der Waals surface area contributed by atoms with Crippen molar-refractivity contribution in [3.63, 3.8) is 0 Å². The van der Waals surface area contributed by atoms with Crippen LogP contribution in [0.5, 0.6) is 0 Å². The summed E-state index contributed by atoms with van der Waals surface area (Å²) < 4.78 is 40.4. The number of piperazine rings is 1. The molecule has 0 bridgehead atoms. The number of anilines is 2. The molecule has 7 nitrogen and oxygen atoms in total. The Morgan fingerprint density at radius 3 is 2.17 bits per heavy atom. The van der Waals surface area contributed by atoms with Crippen LogP contribution < -0.4 is 9.80 Å². The van der Waals surface area contributed by atoms with E-state index in [-0.39, 0.29) is 5.75 Å². The standard InChI is InChI=1S/C21H28FN5O2S/c1-17-23-20(25-8-3-2-4-9-25)15-21(24-17)26-10-12-27(13-11-26)30(28,29)16-18-6-5-7-19(22)14-18/h5-7,14-15H,2-4,8-13,16H2,1H3. The van der Waals surface area contributed by atoms with Gasteiger partial charge in [-0.15, -0.1) is 0 Å². The second-order valence-corrected chi connectivity index (χ2v) is 9.92. The summed E-state index contributed by atoms with van der Waals surface area (Å²) in [5.41, 5.74) is 0.468. The van der Waals surface area contributed by atoms with Gasteiger partial charge in [0.2, 0.25) is 10.0 Å². The Balaban J connectivity index is 1.42. The molecule has 1 aromatic carbocycles. The molecule has 0 amide bonds. The molecule has 9 heteroatoms. The number of benzene rings is 1. The van der Waals surface area contributed by atoms with E-state index in [1.165, 1.54) is 41.8 Å².